The Morgan fingerprint density at radius 2 is 1.81 bits per heavy atom. The number of amides is 1. The fourth-order valence-electron chi connectivity index (χ4n) is 3.28. The summed E-state index contributed by atoms with van der Waals surface area (Å²) in [5.74, 6) is 1.45. The molecule has 0 radical (unpaired) electrons. The minimum Gasteiger partial charge on any atom is -0.497 e. The van der Waals surface area contributed by atoms with E-state index in [9.17, 15) is 4.79 Å². The lowest BCUT2D eigenvalue weighted by atomic mass is 10.2. The standard InChI is InChI=1S/C24H24N4O3/c1-17-22-15-18(16-25-24(22)28(27-17)19-7-4-3-5-8-19)26-23(29)9-6-14-31-21-12-10-20(30-2)11-13-21/h3-5,7-8,10-13,15-16H,6,9,14H2,1-2H3,(H,26,29). The van der Waals surface area contributed by atoms with Gasteiger partial charge in [0.2, 0.25) is 5.91 Å². The van der Waals surface area contributed by atoms with Gasteiger partial charge in [0.05, 0.1) is 37.0 Å². The van der Waals surface area contributed by atoms with Crippen molar-refractivity contribution in [3.8, 4) is 17.2 Å². The van der Waals surface area contributed by atoms with Crippen LogP contribution in [0.3, 0.4) is 0 Å². The molecule has 0 saturated carbocycles. The maximum Gasteiger partial charge on any atom is 0.224 e. The number of carbonyl (C=O) groups is 1. The molecule has 0 spiro atoms. The van der Waals surface area contributed by atoms with Gasteiger partial charge in [-0.3, -0.25) is 4.79 Å². The smallest absolute Gasteiger partial charge is 0.224 e. The molecule has 1 amide bonds. The second kappa shape index (κ2) is 9.30. The van der Waals surface area contributed by atoms with Crippen LogP contribution in [0, 0.1) is 6.92 Å². The molecule has 4 rings (SSSR count). The fraction of sp³-hybridized carbons (Fsp3) is 0.208. The van der Waals surface area contributed by atoms with E-state index in [-0.39, 0.29) is 5.91 Å². The molecule has 0 unspecified atom stereocenters. The molecule has 4 aromatic rings. The SMILES string of the molecule is COc1ccc(OCCCC(=O)Nc2cnc3c(c2)c(C)nn3-c2ccccc2)cc1. The molecule has 0 atom stereocenters. The van der Waals surface area contributed by atoms with E-state index in [4.69, 9.17) is 9.47 Å². The summed E-state index contributed by atoms with van der Waals surface area (Å²) in [6, 6.07) is 19.1. The number of carbonyl (C=O) groups excluding carboxylic acids is 1. The predicted octanol–water partition coefficient (Wildman–Crippen LogP) is 4.54. The molecule has 0 aliphatic heterocycles. The highest BCUT2D eigenvalue weighted by atomic mass is 16.5. The number of hydrogen-bond acceptors (Lipinski definition) is 5. The van der Waals surface area contributed by atoms with Crippen LogP contribution in [-0.2, 0) is 4.79 Å². The monoisotopic (exact) mass is 416 g/mol. The summed E-state index contributed by atoms with van der Waals surface area (Å²) in [6.45, 7) is 2.39. The van der Waals surface area contributed by atoms with Gasteiger partial charge in [0, 0.05) is 11.8 Å². The van der Waals surface area contributed by atoms with Crippen LogP contribution >= 0.6 is 0 Å². The Bertz CT molecular complexity index is 1170. The summed E-state index contributed by atoms with van der Waals surface area (Å²) >= 11 is 0. The van der Waals surface area contributed by atoms with Crippen molar-refractivity contribution in [1.82, 2.24) is 14.8 Å². The average Bonchev–Trinajstić information content (AvgIpc) is 3.13. The number of para-hydroxylation sites is 1. The molecule has 0 aliphatic carbocycles. The molecular formula is C24H24N4O3. The van der Waals surface area contributed by atoms with Gasteiger partial charge in [-0.15, -0.1) is 0 Å². The van der Waals surface area contributed by atoms with Crippen molar-refractivity contribution in [3.63, 3.8) is 0 Å². The van der Waals surface area contributed by atoms with E-state index in [2.05, 4.69) is 15.4 Å². The fourth-order valence-corrected chi connectivity index (χ4v) is 3.28. The summed E-state index contributed by atoms with van der Waals surface area (Å²) in [5.41, 5.74) is 3.22. The third-order valence-corrected chi connectivity index (χ3v) is 4.87. The van der Waals surface area contributed by atoms with E-state index < -0.39 is 0 Å². The quantitative estimate of drug-likeness (QED) is 0.427. The number of benzene rings is 2. The first kappa shape index (κ1) is 20.4. The summed E-state index contributed by atoms with van der Waals surface area (Å²) < 4.78 is 12.6. The number of nitrogens with one attached hydrogen (secondary N) is 1. The van der Waals surface area contributed by atoms with Gasteiger partial charge in [0.1, 0.15) is 11.5 Å². The lowest BCUT2D eigenvalue weighted by Crippen LogP contribution is -2.13. The Hall–Kier alpha value is -3.87. The highest BCUT2D eigenvalue weighted by Gasteiger charge is 2.12. The number of hydrogen-bond donors (Lipinski definition) is 1. The zero-order valence-corrected chi connectivity index (χ0v) is 17.5. The van der Waals surface area contributed by atoms with Crippen molar-refractivity contribution >= 4 is 22.6 Å². The number of anilines is 1. The van der Waals surface area contributed by atoms with Gasteiger partial charge in [-0.25, -0.2) is 9.67 Å². The van der Waals surface area contributed by atoms with Crippen molar-refractivity contribution in [2.75, 3.05) is 19.0 Å². The van der Waals surface area contributed by atoms with Crippen molar-refractivity contribution in [2.24, 2.45) is 0 Å². The number of methoxy groups -OCH3 is 1. The summed E-state index contributed by atoms with van der Waals surface area (Å²) in [4.78, 5) is 16.9. The van der Waals surface area contributed by atoms with Crippen molar-refractivity contribution in [2.45, 2.75) is 19.8 Å². The summed E-state index contributed by atoms with van der Waals surface area (Å²) in [5, 5.41) is 8.42. The minimum absolute atomic E-state index is 0.0763. The Morgan fingerprint density at radius 3 is 2.55 bits per heavy atom. The van der Waals surface area contributed by atoms with Gasteiger partial charge in [-0.1, -0.05) is 18.2 Å². The molecule has 2 heterocycles. The van der Waals surface area contributed by atoms with Crippen molar-refractivity contribution in [1.29, 1.82) is 0 Å². The number of fused-ring (bicyclic) bond motifs is 1. The van der Waals surface area contributed by atoms with Crippen LogP contribution < -0.4 is 14.8 Å². The molecule has 7 nitrogen and oxygen atoms in total. The lowest BCUT2D eigenvalue weighted by molar-refractivity contribution is -0.116. The lowest BCUT2D eigenvalue weighted by Gasteiger charge is -2.08. The minimum atomic E-state index is -0.0763. The van der Waals surface area contributed by atoms with E-state index in [1.54, 1.807) is 13.3 Å². The van der Waals surface area contributed by atoms with Crippen LogP contribution in [0.25, 0.3) is 16.7 Å². The highest BCUT2D eigenvalue weighted by molar-refractivity contribution is 5.93. The van der Waals surface area contributed by atoms with Gasteiger partial charge >= 0.3 is 0 Å². The topological polar surface area (TPSA) is 78.3 Å². The van der Waals surface area contributed by atoms with Gasteiger partial charge in [-0.2, -0.15) is 5.10 Å². The van der Waals surface area contributed by atoms with E-state index >= 15 is 0 Å². The van der Waals surface area contributed by atoms with Crippen LogP contribution in [0.1, 0.15) is 18.5 Å². The molecular weight excluding hydrogens is 392 g/mol. The van der Waals surface area contributed by atoms with Crippen LogP contribution in [0.15, 0.2) is 66.9 Å². The largest absolute Gasteiger partial charge is 0.497 e. The van der Waals surface area contributed by atoms with Crippen LogP contribution in [-0.4, -0.2) is 34.4 Å². The van der Waals surface area contributed by atoms with E-state index in [1.165, 1.54) is 0 Å². The van der Waals surface area contributed by atoms with E-state index in [0.29, 0.717) is 25.1 Å². The first-order valence-electron chi connectivity index (χ1n) is 10.1. The Morgan fingerprint density at radius 1 is 1.06 bits per heavy atom. The van der Waals surface area contributed by atoms with E-state index in [0.717, 1.165) is 33.9 Å². The molecule has 0 bridgehead atoms. The maximum atomic E-state index is 12.3. The zero-order chi connectivity index (χ0) is 21.6. The van der Waals surface area contributed by atoms with Crippen LogP contribution in [0.2, 0.25) is 0 Å². The molecule has 31 heavy (non-hydrogen) atoms. The van der Waals surface area contributed by atoms with Gasteiger partial charge in [-0.05, 0) is 55.8 Å². The third kappa shape index (κ3) is 4.83. The number of aromatic nitrogens is 3. The molecule has 0 saturated heterocycles. The molecule has 1 N–H and O–H groups in total. The normalized spacial score (nSPS) is 10.8. The second-order valence-electron chi connectivity index (χ2n) is 7.10. The summed E-state index contributed by atoms with van der Waals surface area (Å²) in [6.07, 6.45) is 2.63. The Labute approximate surface area is 180 Å². The third-order valence-electron chi connectivity index (χ3n) is 4.87. The van der Waals surface area contributed by atoms with Crippen molar-refractivity contribution < 1.29 is 14.3 Å². The predicted molar refractivity (Wildman–Crippen MR) is 120 cm³/mol. The van der Waals surface area contributed by atoms with Gasteiger partial charge < -0.3 is 14.8 Å². The van der Waals surface area contributed by atoms with Crippen LogP contribution in [0.5, 0.6) is 11.5 Å². The second-order valence-corrected chi connectivity index (χ2v) is 7.10. The molecule has 7 heteroatoms. The molecule has 2 aromatic carbocycles. The Balaban J connectivity index is 1.34. The van der Waals surface area contributed by atoms with Crippen LogP contribution in [0.4, 0.5) is 5.69 Å². The first-order valence-corrected chi connectivity index (χ1v) is 10.1. The highest BCUT2D eigenvalue weighted by Crippen LogP contribution is 2.23. The van der Waals surface area contributed by atoms with E-state index in [1.807, 2.05) is 72.3 Å². The van der Waals surface area contributed by atoms with Gasteiger partial charge in [0.15, 0.2) is 5.65 Å². The molecule has 0 aliphatic rings. The number of nitrogens with zero attached hydrogens (tertiary/aromatic N) is 3. The van der Waals surface area contributed by atoms with Crippen molar-refractivity contribution in [3.05, 3.63) is 72.6 Å². The number of pyridine rings is 1. The molecule has 158 valence electrons. The number of rotatable bonds is 8. The Kier molecular flexibility index (Phi) is 6.12. The average molecular weight is 416 g/mol. The maximum absolute atomic E-state index is 12.3. The number of ether oxygens (including phenoxy) is 2. The zero-order valence-electron chi connectivity index (χ0n) is 17.5. The first-order chi connectivity index (χ1) is 15.1. The number of aryl methyl sites for hydroxylation is 1. The van der Waals surface area contributed by atoms with Gasteiger partial charge in [0.25, 0.3) is 0 Å². The molecule has 2 aromatic heterocycles. The molecule has 0 fully saturated rings. The summed E-state index contributed by atoms with van der Waals surface area (Å²) in [7, 11) is 1.62.